The number of halogens is 3. The van der Waals surface area contributed by atoms with Crippen LogP contribution in [0, 0.1) is 0 Å². The maximum Gasteiger partial charge on any atom is 0.416 e. The smallest absolute Gasteiger partial charge is 0.416 e. The number of hydrogen-bond acceptors (Lipinski definition) is 5. The van der Waals surface area contributed by atoms with E-state index in [0.717, 1.165) is 38.1 Å². The van der Waals surface area contributed by atoms with Gasteiger partial charge in [-0.05, 0) is 49.7 Å². The summed E-state index contributed by atoms with van der Waals surface area (Å²) >= 11 is 0. The SMILES string of the molecule is CN(c1nnc2c(-c3ccc(C(F)(F)F)cc3O)cccn12)[C@@H]1CCCNC1. The third-order valence-corrected chi connectivity index (χ3v) is 5.17. The first-order valence-corrected chi connectivity index (χ1v) is 9.04. The van der Waals surface area contributed by atoms with Gasteiger partial charge in [-0.25, -0.2) is 0 Å². The van der Waals surface area contributed by atoms with Crippen molar-refractivity contribution in [1.29, 1.82) is 0 Å². The number of fused-ring (bicyclic) bond motifs is 1. The van der Waals surface area contributed by atoms with E-state index in [4.69, 9.17) is 0 Å². The lowest BCUT2D eigenvalue weighted by molar-refractivity contribution is -0.137. The molecule has 3 heterocycles. The summed E-state index contributed by atoms with van der Waals surface area (Å²) < 4.78 is 40.4. The molecule has 1 aliphatic heterocycles. The van der Waals surface area contributed by atoms with Crippen LogP contribution in [0.15, 0.2) is 36.5 Å². The standard InChI is InChI=1S/C19H20F3N5O/c1-26(13-4-2-8-23-11-13)18-25-24-17-15(5-3-9-27(17)18)14-7-6-12(10-16(14)28)19(20,21)22/h3,5-7,9-10,13,23,28H,2,4,8,11H2,1H3/t13-/m1/s1. The molecule has 9 heteroatoms. The summed E-state index contributed by atoms with van der Waals surface area (Å²) in [5, 5.41) is 22.1. The molecular weight excluding hydrogens is 371 g/mol. The van der Waals surface area contributed by atoms with Crippen molar-refractivity contribution in [2.24, 2.45) is 0 Å². The number of rotatable bonds is 3. The maximum absolute atomic E-state index is 12.9. The number of hydrogen-bond donors (Lipinski definition) is 2. The molecule has 3 aromatic rings. The highest BCUT2D eigenvalue weighted by Crippen LogP contribution is 2.38. The first-order valence-electron chi connectivity index (χ1n) is 9.04. The van der Waals surface area contributed by atoms with Crippen molar-refractivity contribution in [2.45, 2.75) is 25.1 Å². The van der Waals surface area contributed by atoms with E-state index in [1.165, 1.54) is 6.07 Å². The molecular formula is C19H20F3N5O. The lowest BCUT2D eigenvalue weighted by atomic mass is 10.0. The van der Waals surface area contributed by atoms with E-state index < -0.39 is 17.5 Å². The van der Waals surface area contributed by atoms with Crippen LogP contribution in [0.3, 0.4) is 0 Å². The Kier molecular flexibility index (Phi) is 4.62. The van der Waals surface area contributed by atoms with Crippen LogP contribution in [-0.4, -0.2) is 45.9 Å². The largest absolute Gasteiger partial charge is 0.507 e. The van der Waals surface area contributed by atoms with Crippen LogP contribution < -0.4 is 10.2 Å². The maximum atomic E-state index is 12.9. The molecule has 0 spiro atoms. The van der Waals surface area contributed by atoms with Crippen molar-refractivity contribution in [3.8, 4) is 16.9 Å². The molecule has 148 valence electrons. The normalized spacial score (nSPS) is 17.8. The number of aromatic nitrogens is 3. The van der Waals surface area contributed by atoms with E-state index in [0.29, 0.717) is 17.2 Å². The Morgan fingerprint density at radius 3 is 2.71 bits per heavy atom. The van der Waals surface area contributed by atoms with Gasteiger partial charge in [0.05, 0.1) is 5.56 Å². The van der Waals surface area contributed by atoms with Crippen molar-refractivity contribution in [1.82, 2.24) is 19.9 Å². The molecule has 1 aliphatic rings. The number of phenols is 1. The molecule has 28 heavy (non-hydrogen) atoms. The molecule has 0 unspecified atom stereocenters. The molecule has 4 rings (SSSR count). The Morgan fingerprint density at radius 2 is 2.04 bits per heavy atom. The van der Waals surface area contributed by atoms with Gasteiger partial charge in [-0.1, -0.05) is 0 Å². The van der Waals surface area contributed by atoms with E-state index in [-0.39, 0.29) is 11.6 Å². The molecule has 0 radical (unpaired) electrons. The van der Waals surface area contributed by atoms with Crippen LogP contribution in [0.2, 0.25) is 0 Å². The van der Waals surface area contributed by atoms with Crippen LogP contribution in [0.4, 0.5) is 19.1 Å². The number of nitrogens with zero attached hydrogens (tertiary/aromatic N) is 4. The van der Waals surface area contributed by atoms with Crippen molar-refractivity contribution in [3.63, 3.8) is 0 Å². The number of phenolic OH excluding ortho intramolecular Hbond substituents is 1. The van der Waals surface area contributed by atoms with Gasteiger partial charge in [0.1, 0.15) is 5.75 Å². The Bertz CT molecular complexity index is 995. The molecule has 1 atom stereocenters. The minimum absolute atomic E-state index is 0.277. The summed E-state index contributed by atoms with van der Waals surface area (Å²) in [6, 6.07) is 6.70. The summed E-state index contributed by atoms with van der Waals surface area (Å²) in [5.41, 5.74) is 0.373. The first-order chi connectivity index (χ1) is 13.4. The molecule has 0 aliphatic carbocycles. The second-order valence-electron chi connectivity index (χ2n) is 6.96. The summed E-state index contributed by atoms with van der Waals surface area (Å²) in [7, 11) is 1.95. The number of aromatic hydroxyl groups is 1. The Morgan fingerprint density at radius 1 is 1.21 bits per heavy atom. The van der Waals surface area contributed by atoms with Gasteiger partial charge >= 0.3 is 6.18 Å². The topological polar surface area (TPSA) is 65.7 Å². The molecule has 1 fully saturated rings. The zero-order valence-electron chi connectivity index (χ0n) is 15.2. The highest BCUT2D eigenvalue weighted by Gasteiger charge is 2.31. The van der Waals surface area contributed by atoms with Crippen LogP contribution >= 0.6 is 0 Å². The Balaban J connectivity index is 1.75. The second-order valence-corrected chi connectivity index (χ2v) is 6.96. The number of anilines is 1. The van der Waals surface area contributed by atoms with Crippen molar-refractivity contribution < 1.29 is 18.3 Å². The molecule has 0 amide bonds. The molecule has 2 aromatic heterocycles. The van der Waals surface area contributed by atoms with E-state index in [1.807, 2.05) is 13.2 Å². The predicted octanol–water partition coefficient (Wildman–Crippen LogP) is 3.31. The number of pyridine rings is 1. The summed E-state index contributed by atoms with van der Waals surface area (Å²) in [5.74, 6) is 0.203. The first kappa shape index (κ1) is 18.5. The average molecular weight is 391 g/mol. The number of benzene rings is 1. The number of likely N-dealkylation sites (N-methyl/N-ethyl adjacent to an activating group) is 1. The number of piperidine rings is 1. The Labute approximate surface area is 159 Å². The van der Waals surface area contributed by atoms with Gasteiger partial charge in [0, 0.05) is 37.0 Å². The van der Waals surface area contributed by atoms with Crippen LogP contribution in [0.25, 0.3) is 16.8 Å². The quantitative estimate of drug-likeness (QED) is 0.717. The highest BCUT2D eigenvalue weighted by atomic mass is 19.4. The number of alkyl halides is 3. The van der Waals surface area contributed by atoms with Gasteiger partial charge in [0.15, 0.2) is 5.65 Å². The average Bonchev–Trinajstić information content (AvgIpc) is 3.11. The van der Waals surface area contributed by atoms with Crippen LogP contribution in [0.5, 0.6) is 5.75 Å². The fourth-order valence-electron chi connectivity index (χ4n) is 3.62. The van der Waals surface area contributed by atoms with Gasteiger partial charge < -0.3 is 15.3 Å². The van der Waals surface area contributed by atoms with Gasteiger partial charge in [-0.2, -0.15) is 13.2 Å². The lowest BCUT2D eigenvalue weighted by Gasteiger charge is -2.31. The molecule has 0 saturated carbocycles. The minimum atomic E-state index is -4.51. The van der Waals surface area contributed by atoms with Crippen LogP contribution in [-0.2, 0) is 6.18 Å². The lowest BCUT2D eigenvalue weighted by Crippen LogP contribution is -2.44. The van der Waals surface area contributed by atoms with Crippen molar-refractivity contribution in [3.05, 3.63) is 42.1 Å². The second kappa shape index (κ2) is 6.97. The zero-order valence-corrected chi connectivity index (χ0v) is 15.2. The molecule has 6 nitrogen and oxygen atoms in total. The fraction of sp³-hybridized carbons (Fsp3) is 0.368. The zero-order chi connectivity index (χ0) is 19.9. The van der Waals surface area contributed by atoms with Crippen LogP contribution in [0.1, 0.15) is 18.4 Å². The van der Waals surface area contributed by atoms with E-state index in [2.05, 4.69) is 20.4 Å². The highest BCUT2D eigenvalue weighted by molar-refractivity contribution is 5.82. The predicted molar refractivity (Wildman–Crippen MR) is 99.4 cm³/mol. The Hall–Kier alpha value is -2.81. The third-order valence-electron chi connectivity index (χ3n) is 5.17. The summed E-state index contributed by atoms with van der Waals surface area (Å²) in [4.78, 5) is 2.06. The summed E-state index contributed by atoms with van der Waals surface area (Å²) in [6.45, 7) is 1.85. The molecule has 0 bridgehead atoms. The van der Waals surface area contributed by atoms with Gasteiger partial charge in [0.25, 0.3) is 0 Å². The van der Waals surface area contributed by atoms with E-state index >= 15 is 0 Å². The molecule has 1 aromatic carbocycles. The fourth-order valence-corrected chi connectivity index (χ4v) is 3.62. The third kappa shape index (κ3) is 3.26. The monoisotopic (exact) mass is 391 g/mol. The van der Waals surface area contributed by atoms with E-state index in [1.54, 1.807) is 16.5 Å². The van der Waals surface area contributed by atoms with Gasteiger partial charge in [-0.15, -0.1) is 10.2 Å². The van der Waals surface area contributed by atoms with Gasteiger partial charge in [-0.3, -0.25) is 4.40 Å². The molecule has 1 saturated heterocycles. The van der Waals surface area contributed by atoms with E-state index in [9.17, 15) is 18.3 Å². The molecule has 2 N–H and O–H groups in total. The number of nitrogens with one attached hydrogen (secondary N) is 1. The summed E-state index contributed by atoms with van der Waals surface area (Å²) in [6.07, 6.45) is -0.586. The van der Waals surface area contributed by atoms with Crippen molar-refractivity contribution >= 4 is 11.6 Å². The van der Waals surface area contributed by atoms with Crippen molar-refractivity contribution in [2.75, 3.05) is 25.0 Å². The van der Waals surface area contributed by atoms with Gasteiger partial charge in [0.2, 0.25) is 5.95 Å². The minimum Gasteiger partial charge on any atom is -0.507 e.